The lowest BCUT2D eigenvalue weighted by Gasteiger charge is -2.33. The second-order valence-electron chi connectivity index (χ2n) is 5.70. The summed E-state index contributed by atoms with van der Waals surface area (Å²) in [5.41, 5.74) is 0.608. The standard InChI is InChI=1S/C13H22N2O3S/c1-10-4-11(2)7-15(6-10)19(17,18)13-5-12(9-16)14(3)8-13/h5,8,10-11,16H,4,6-7,9H2,1-3H3. The highest BCUT2D eigenvalue weighted by Crippen LogP contribution is 2.27. The van der Waals surface area contributed by atoms with E-state index in [1.54, 1.807) is 28.2 Å². The fourth-order valence-electron chi connectivity index (χ4n) is 2.83. The van der Waals surface area contributed by atoms with E-state index in [4.69, 9.17) is 5.11 Å². The number of sulfonamides is 1. The largest absolute Gasteiger partial charge is 0.390 e. The van der Waals surface area contributed by atoms with Crippen LogP contribution in [-0.2, 0) is 23.7 Å². The molecule has 2 unspecified atom stereocenters. The molecule has 2 heterocycles. The van der Waals surface area contributed by atoms with Gasteiger partial charge in [-0.05, 0) is 24.3 Å². The van der Waals surface area contributed by atoms with E-state index in [0.29, 0.717) is 30.6 Å². The number of aromatic nitrogens is 1. The van der Waals surface area contributed by atoms with Crippen LogP contribution in [0.5, 0.6) is 0 Å². The lowest BCUT2D eigenvalue weighted by Crippen LogP contribution is -2.42. The Morgan fingerprint density at radius 3 is 2.37 bits per heavy atom. The van der Waals surface area contributed by atoms with E-state index in [-0.39, 0.29) is 11.5 Å². The van der Waals surface area contributed by atoms with Gasteiger partial charge in [0, 0.05) is 32.0 Å². The number of nitrogens with zero attached hydrogens (tertiary/aromatic N) is 2. The van der Waals surface area contributed by atoms with Crippen LogP contribution in [0.2, 0.25) is 0 Å². The molecule has 1 aliphatic heterocycles. The maximum absolute atomic E-state index is 12.6. The third-order valence-corrected chi connectivity index (χ3v) is 5.51. The number of aliphatic hydroxyl groups excluding tert-OH is 1. The summed E-state index contributed by atoms with van der Waals surface area (Å²) in [5, 5.41) is 9.16. The Labute approximate surface area is 114 Å². The molecule has 108 valence electrons. The van der Waals surface area contributed by atoms with Crippen molar-refractivity contribution in [3.05, 3.63) is 18.0 Å². The fraction of sp³-hybridized carbons (Fsp3) is 0.692. The molecule has 0 aromatic carbocycles. The van der Waals surface area contributed by atoms with Gasteiger partial charge in [-0.1, -0.05) is 13.8 Å². The number of aryl methyl sites for hydroxylation is 1. The van der Waals surface area contributed by atoms with Crippen molar-refractivity contribution in [2.45, 2.75) is 31.8 Å². The zero-order valence-electron chi connectivity index (χ0n) is 11.7. The summed E-state index contributed by atoms with van der Waals surface area (Å²) in [6.07, 6.45) is 2.65. The van der Waals surface area contributed by atoms with Crippen molar-refractivity contribution in [3.63, 3.8) is 0 Å². The molecular formula is C13H22N2O3S. The summed E-state index contributed by atoms with van der Waals surface area (Å²) in [7, 11) is -1.70. The Balaban J connectivity index is 2.30. The minimum atomic E-state index is -3.44. The van der Waals surface area contributed by atoms with Crippen molar-refractivity contribution in [3.8, 4) is 0 Å². The molecule has 1 aliphatic rings. The van der Waals surface area contributed by atoms with Gasteiger partial charge in [0.1, 0.15) is 4.90 Å². The zero-order valence-corrected chi connectivity index (χ0v) is 12.5. The molecule has 1 aromatic rings. The highest BCUT2D eigenvalue weighted by molar-refractivity contribution is 7.89. The first kappa shape index (κ1) is 14.6. The molecule has 0 radical (unpaired) electrons. The van der Waals surface area contributed by atoms with Crippen LogP contribution in [0.1, 0.15) is 26.0 Å². The summed E-state index contributed by atoms with van der Waals surface area (Å²) >= 11 is 0. The second kappa shape index (κ2) is 5.26. The normalized spacial score (nSPS) is 25.7. The van der Waals surface area contributed by atoms with Crippen molar-refractivity contribution >= 4 is 10.0 Å². The Bertz CT molecular complexity index is 540. The molecule has 6 heteroatoms. The molecule has 1 N–H and O–H groups in total. The SMILES string of the molecule is CC1CC(C)CN(S(=O)(=O)c2cc(CO)n(C)c2)C1. The minimum Gasteiger partial charge on any atom is -0.390 e. The molecule has 0 aliphatic carbocycles. The number of aliphatic hydroxyl groups is 1. The minimum absolute atomic E-state index is 0.154. The van der Waals surface area contributed by atoms with Crippen LogP contribution in [0, 0.1) is 11.8 Å². The summed E-state index contributed by atoms with van der Waals surface area (Å²) in [6.45, 7) is 5.18. The van der Waals surface area contributed by atoms with Gasteiger partial charge >= 0.3 is 0 Å². The third kappa shape index (κ3) is 2.85. The van der Waals surface area contributed by atoms with Crippen molar-refractivity contribution in [1.82, 2.24) is 8.87 Å². The first-order chi connectivity index (χ1) is 8.84. The number of rotatable bonds is 3. The molecule has 2 atom stereocenters. The average Bonchev–Trinajstić information content (AvgIpc) is 2.70. The van der Waals surface area contributed by atoms with Gasteiger partial charge in [-0.15, -0.1) is 0 Å². The van der Waals surface area contributed by atoms with Crippen LogP contribution >= 0.6 is 0 Å². The molecule has 19 heavy (non-hydrogen) atoms. The van der Waals surface area contributed by atoms with Gasteiger partial charge in [0.05, 0.1) is 6.61 Å². The average molecular weight is 286 g/mol. The molecule has 2 rings (SSSR count). The van der Waals surface area contributed by atoms with Gasteiger partial charge in [0.15, 0.2) is 0 Å². The smallest absolute Gasteiger partial charge is 0.244 e. The maximum Gasteiger partial charge on any atom is 0.244 e. The van der Waals surface area contributed by atoms with E-state index in [1.165, 1.54) is 0 Å². The summed E-state index contributed by atoms with van der Waals surface area (Å²) in [6, 6.07) is 1.55. The van der Waals surface area contributed by atoms with Crippen LogP contribution in [0.4, 0.5) is 0 Å². The third-order valence-electron chi connectivity index (χ3n) is 3.72. The van der Waals surface area contributed by atoms with Crippen molar-refractivity contribution in [2.24, 2.45) is 18.9 Å². The first-order valence-corrected chi connectivity index (χ1v) is 8.05. The lowest BCUT2D eigenvalue weighted by molar-refractivity contribution is 0.222. The molecular weight excluding hydrogens is 264 g/mol. The van der Waals surface area contributed by atoms with Crippen LogP contribution in [0.25, 0.3) is 0 Å². The van der Waals surface area contributed by atoms with Crippen molar-refractivity contribution in [2.75, 3.05) is 13.1 Å². The van der Waals surface area contributed by atoms with Crippen LogP contribution in [0.3, 0.4) is 0 Å². The predicted octanol–water partition coefficient (Wildman–Crippen LogP) is 1.18. The van der Waals surface area contributed by atoms with E-state index >= 15 is 0 Å². The number of hydrogen-bond donors (Lipinski definition) is 1. The Morgan fingerprint density at radius 2 is 1.89 bits per heavy atom. The molecule has 0 bridgehead atoms. The van der Waals surface area contributed by atoms with Gasteiger partial charge in [0.25, 0.3) is 0 Å². The second-order valence-corrected chi connectivity index (χ2v) is 7.64. The van der Waals surface area contributed by atoms with E-state index < -0.39 is 10.0 Å². The highest BCUT2D eigenvalue weighted by Gasteiger charge is 2.32. The Morgan fingerprint density at radius 1 is 1.32 bits per heavy atom. The van der Waals surface area contributed by atoms with E-state index in [9.17, 15) is 8.42 Å². The molecule has 1 aromatic heterocycles. The van der Waals surface area contributed by atoms with E-state index in [0.717, 1.165) is 6.42 Å². The van der Waals surface area contributed by atoms with Crippen molar-refractivity contribution in [1.29, 1.82) is 0 Å². The van der Waals surface area contributed by atoms with Gasteiger partial charge in [-0.2, -0.15) is 4.31 Å². The molecule has 0 saturated carbocycles. The summed E-state index contributed by atoms with van der Waals surface area (Å²) in [5.74, 6) is 0.777. The first-order valence-electron chi connectivity index (χ1n) is 6.61. The predicted molar refractivity (Wildman–Crippen MR) is 73.0 cm³/mol. The Hall–Kier alpha value is -0.850. The zero-order chi connectivity index (χ0) is 14.2. The monoisotopic (exact) mass is 286 g/mol. The van der Waals surface area contributed by atoms with Gasteiger partial charge in [-0.25, -0.2) is 8.42 Å². The molecule has 1 saturated heterocycles. The summed E-state index contributed by atoms with van der Waals surface area (Å²) in [4.78, 5) is 0.278. The summed E-state index contributed by atoms with van der Waals surface area (Å²) < 4.78 is 28.4. The van der Waals surface area contributed by atoms with Crippen LogP contribution in [0.15, 0.2) is 17.2 Å². The van der Waals surface area contributed by atoms with Crippen LogP contribution < -0.4 is 0 Å². The van der Waals surface area contributed by atoms with E-state index in [2.05, 4.69) is 13.8 Å². The maximum atomic E-state index is 12.6. The molecule has 1 fully saturated rings. The Kier molecular flexibility index (Phi) is 4.03. The quantitative estimate of drug-likeness (QED) is 0.907. The fourth-order valence-corrected chi connectivity index (χ4v) is 4.60. The lowest BCUT2D eigenvalue weighted by atomic mass is 9.94. The van der Waals surface area contributed by atoms with Crippen LogP contribution in [-0.4, -0.2) is 35.5 Å². The van der Waals surface area contributed by atoms with E-state index in [1.807, 2.05) is 0 Å². The molecule has 0 amide bonds. The molecule has 0 spiro atoms. The number of piperidine rings is 1. The highest BCUT2D eigenvalue weighted by atomic mass is 32.2. The van der Waals surface area contributed by atoms with Gasteiger partial charge in [-0.3, -0.25) is 0 Å². The number of hydrogen-bond acceptors (Lipinski definition) is 3. The van der Waals surface area contributed by atoms with Crippen molar-refractivity contribution < 1.29 is 13.5 Å². The van der Waals surface area contributed by atoms with Gasteiger partial charge in [0.2, 0.25) is 10.0 Å². The van der Waals surface area contributed by atoms with Gasteiger partial charge < -0.3 is 9.67 Å². The topological polar surface area (TPSA) is 62.5 Å². The molecule has 5 nitrogen and oxygen atoms in total.